The molecule has 0 saturated heterocycles. The van der Waals surface area contributed by atoms with Crippen molar-refractivity contribution in [3.05, 3.63) is 118 Å². The Hall–Kier alpha value is -4.21. The van der Waals surface area contributed by atoms with Crippen molar-refractivity contribution in [2.75, 3.05) is 0 Å². The van der Waals surface area contributed by atoms with Crippen LogP contribution < -0.4 is 4.74 Å². The third-order valence-electron chi connectivity index (χ3n) is 8.16. The number of rotatable bonds is 4. The fraction of sp³-hybridized carbons (Fsp3) is 0.167. The Morgan fingerprint density at radius 2 is 1.62 bits per heavy atom. The number of nitrogens with zero attached hydrogens (tertiary/aromatic N) is 4. The molecule has 0 saturated carbocycles. The van der Waals surface area contributed by atoms with E-state index in [-0.39, 0.29) is 0 Å². The Morgan fingerprint density at radius 1 is 0.810 bits per heavy atom. The van der Waals surface area contributed by atoms with Crippen LogP contribution in [-0.2, 0) is 39.2 Å². The van der Waals surface area contributed by atoms with Crippen LogP contribution in [0.3, 0.4) is 0 Å². The predicted octanol–water partition coefficient (Wildman–Crippen LogP) is 8.12. The first-order chi connectivity index (χ1) is 21.8. The first kappa shape index (κ1) is 22.4. The second-order valence-corrected chi connectivity index (χ2v) is 11.9. The van der Waals surface area contributed by atoms with E-state index in [9.17, 15) is 0 Å². The average Bonchev–Trinajstić information content (AvgIpc) is 3.50. The van der Waals surface area contributed by atoms with Gasteiger partial charge in [-0.25, -0.2) is 0 Å². The van der Waals surface area contributed by atoms with Crippen LogP contribution in [0.4, 0.5) is 0 Å². The average molecular weight is 731 g/mol. The minimum absolute atomic E-state index is 0.504. The van der Waals surface area contributed by atoms with Crippen LogP contribution in [0, 0.1) is 22.9 Å². The van der Waals surface area contributed by atoms with Crippen molar-refractivity contribution in [2.45, 2.75) is 32.6 Å². The zero-order chi connectivity index (χ0) is 30.9. The van der Waals surface area contributed by atoms with Crippen LogP contribution >= 0.6 is 0 Å². The van der Waals surface area contributed by atoms with Gasteiger partial charge in [-0.05, 0) is 55.4 Å². The van der Waals surface area contributed by atoms with Crippen molar-refractivity contribution in [3.8, 4) is 23.0 Å². The number of pyridine rings is 1. The molecule has 7 aromatic rings. The molecule has 0 atom stereocenters. The van der Waals surface area contributed by atoms with Crippen molar-refractivity contribution >= 4 is 32.8 Å². The molecular formula is C36H28N4OPt-2. The van der Waals surface area contributed by atoms with Gasteiger partial charge in [-0.1, -0.05) is 0 Å². The second-order valence-electron chi connectivity index (χ2n) is 10.9. The molecule has 6 heteroatoms. The minimum atomic E-state index is -2.33. The number of benzene rings is 4. The Balaban J connectivity index is 1.26. The van der Waals surface area contributed by atoms with E-state index in [0.717, 1.165) is 46.2 Å². The number of hydrogen-bond donors (Lipinski definition) is 0. The number of para-hydroxylation sites is 2. The van der Waals surface area contributed by atoms with Gasteiger partial charge in [0.1, 0.15) is 0 Å². The first-order valence-electron chi connectivity index (χ1n) is 15.6. The van der Waals surface area contributed by atoms with E-state index in [4.69, 9.17) is 13.8 Å². The molecule has 0 radical (unpaired) electrons. The standard InChI is InChI=1S/C36H28N4O.Pt/c1-24-16-17-37-36(18-24)40-34-20-26-9-4-3-8-25(26)19-31(34)30-15-14-29(22-35(30)40)41-28-11-7-10-27(21-28)39-23-38(2)32-12-5-6-13-33(32)39;/h5-7,10-20H,3-4,8-9H2,1-2H3;/q-2;/i2D3;. The molecule has 210 valence electrons. The van der Waals surface area contributed by atoms with Gasteiger partial charge in [-0.2, -0.15) is 0 Å². The molecule has 3 aromatic heterocycles. The van der Waals surface area contributed by atoms with Gasteiger partial charge in [0.2, 0.25) is 0 Å². The van der Waals surface area contributed by atoms with Gasteiger partial charge in [0.05, 0.1) is 0 Å². The number of aromatic nitrogens is 4. The molecule has 0 amide bonds. The third-order valence-corrected chi connectivity index (χ3v) is 9.18. The summed E-state index contributed by atoms with van der Waals surface area (Å²) in [5, 5.41) is 2.30. The van der Waals surface area contributed by atoms with Crippen LogP contribution in [0.1, 0.15) is 33.6 Å². The van der Waals surface area contributed by atoms with Crippen LogP contribution in [0.2, 0.25) is 0 Å². The third kappa shape index (κ3) is 4.10. The zero-order valence-corrected chi connectivity index (χ0v) is 25.2. The molecule has 0 aliphatic heterocycles. The summed E-state index contributed by atoms with van der Waals surface area (Å²) in [6, 6.07) is 32.9. The van der Waals surface area contributed by atoms with Gasteiger partial charge < -0.3 is 0 Å². The summed E-state index contributed by atoms with van der Waals surface area (Å²) < 4.78 is 36.9. The van der Waals surface area contributed by atoms with Gasteiger partial charge in [0.25, 0.3) is 0 Å². The molecule has 42 heavy (non-hydrogen) atoms. The summed E-state index contributed by atoms with van der Waals surface area (Å²) in [5.74, 6) is 1.91. The van der Waals surface area contributed by atoms with E-state index in [1.165, 1.54) is 33.9 Å². The number of hydrogen-bond acceptors (Lipinski definition) is 2. The molecule has 8 rings (SSSR count). The first-order valence-corrected chi connectivity index (χ1v) is 15.2. The van der Waals surface area contributed by atoms with Crippen LogP contribution in [0.15, 0.2) is 85.1 Å². The van der Waals surface area contributed by atoms with Gasteiger partial charge in [0, 0.05) is 6.20 Å². The van der Waals surface area contributed by atoms with E-state index >= 15 is 0 Å². The van der Waals surface area contributed by atoms with Crippen molar-refractivity contribution < 1.29 is 28.2 Å². The molecule has 1 aliphatic carbocycles. The summed E-state index contributed by atoms with van der Waals surface area (Å²) in [5.41, 5.74) is 8.11. The topological polar surface area (TPSA) is 36.9 Å². The normalized spacial score (nSPS) is 14.6. The van der Waals surface area contributed by atoms with Crippen LogP contribution in [0.5, 0.6) is 11.5 Å². The maximum absolute atomic E-state index is 8.14. The van der Waals surface area contributed by atoms with Crippen molar-refractivity contribution in [3.63, 3.8) is 0 Å². The number of fused-ring (bicyclic) bond motifs is 5. The fourth-order valence-corrected chi connectivity index (χ4v) is 7.00. The molecule has 4 aromatic carbocycles. The summed E-state index contributed by atoms with van der Waals surface area (Å²) in [7, 11) is 0. The second kappa shape index (κ2) is 9.96. The summed E-state index contributed by atoms with van der Waals surface area (Å²) >= 11 is 2.07. The quantitative estimate of drug-likeness (QED) is 0.172. The molecule has 5 nitrogen and oxygen atoms in total. The molecule has 0 N–H and O–H groups in total. The van der Waals surface area contributed by atoms with Crippen molar-refractivity contribution in [1.82, 2.24) is 18.7 Å². The fourth-order valence-electron chi connectivity index (χ4n) is 6.18. The van der Waals surface area contributed by atoms with Gasteiger partial charge >= 0.3 is 198 Å². The van der Waals surface area contributed by atoms with E-state index in [0.29, 0.717) is 26.5 Å². The molecule has 0 fully saturated rings. The van der Waals surface area contributed by atoms with Gasteiger partial charge in [-0.15, -0.1) is 0 Å². The zero-order valence-electron chi connectivity index (χ0n) is 25.9. The number of imidazole rings is 1. The van der Waals surface area contributed by atoms with E-state index in [1.54, 1.807) is 0 Å². The van der Waals surface area contributed by atoms with E-state index < -0.39 is 6.98 Å². The van der Waals surface area contributed by atoms with Crippen LogP contribution in [-0.4, -0.2) is 18.7 Å². The summed E-state index contributed by atoms with van der Waals surface area (Å²) in [6.45, 7) is -0.249. The molecule has 0 unspecified atom stereocenters. The van der Waals surface area contributed by atoms with Crippen LogP contribution in [0.25, 0.3) is 44.3 Å². The Labute approximate surface area is 259 Å². The Bertz CT molecular complexity index is 2350. The molecular weight excluding hydrogens is 700 g/mol. The molecule has 0 spiro atoms. The maximum atomic E-state index is 8.14. The van der Waals surface area contributed by atoms with Gasteiger partial charge in [0.15, 0.2) is 0 Å². The molecule has 3 heterocycles. The van der Waals surface area contributed by atoms with Crippen molar-refractivity contribution in [1.29, 1.82) is 0 Å². The van der Waals surface area contributed by atoms with Gasteiger partial charge in [-0.3, -0.25) is 0 Å². The molecule has 0 bridgehead atoms. The monoisotopic (exact) mass is 730 g/mol. The van der Waals surface area contributed by atoms with E-state index in [1.807, 2.05) is 65.4 Å². The predicted molar refractivity (Wildman–Crippen MR) is 163 cm³/mol. The number of ether oxygens (including phenoxy) is 1. The van der Waals surface area contributed by atoms with E-state index in [2.05, 4.69) is 67.2 Å². The summed E-state index contributed by atoms with van der Waals surface area (Å²) in [6.07, 6.45) is 6.50. The SMILES string of the molecule is [2H]C([2H])([2H])n1[c](=[Pt])n(-c2[c-]c(Oc3[c-]c4c(cc3)c3cc5c(cc3n4-c3cc(C)ccn3)CCCC5)ccc2)c2ccccc21. The summed E-state index contributed by atoms with van der Waals surface area (Å²) in [4.78, 5) is 4.76. The Morgan fingerprint density at radius 3 is 2.45 bits per heavy atom. The Kier molecular flexibility index (Phi) is 5.31. The molecule has 1 aliphatic rings. The number of aryl methyl sites for hydroxylation is 4. The van der Waals surface area contributed by atoms with Crippen molar-refractivity contribution in [2.24, 2.45) is 6.98 Å².